The number of carbonyl (C=O) groups is 1. The van der Waals surface area contributed by atoms with E-state index in [1.807, 2.05) is 0 Å². The van der Waals surface area contributed by atoms with Gasteiger partial charge in [0, 0.05) is 11.9 Å². The molecule has 0 bridgehead atoms. The van der Waals surface area contributed by atoms with Crippen molar-refractivity contribution in [1.82, 2.24) is 9.78 Å². The van der Waals surface area contributed by atoms with Crippen LogP contribution in [0.1, 0.15) is 26.5 Å². The molecule has 0 spiro atoms. The van der Waals surface area contributed by atoms with Gasteiger partial charge in [-0.3, -0.25) is 9.48 Å². The van der Waals surface area contributed by atoms with Crippen molar-refractivity contribution in [3.8, 4) is 0 Å². The molecule has 148 valence electrons. The summed E-state index contributed by atoms with van der Waals surface area (Å²) in [7, 11) is 0. The third-order valence-electron chi connectivity index (χ3n) is 3.60. The molecule has 4 nitrogen and oxygen atoms in total. The highest BCUT2D eigenvalue weighted by atomic mass is 32.1. The number of anilines is 1. The number of rotatable bonds is 4. The lowest BCUT2D eigenvalue weighted by atomic mass is 10.2. The Morgan fingerprint density at radius 1 is 1.07 bits per heavy atom. The van der Waals surface area contributed by atoms with Crippen LogP contribution in [0.5, 0.6) is 0 Å². The predicted octanol–water partition coefficient (Wildman–Crippen LogP) is 5.28. The van der Waals surface area contributed by atoms with Crippen molar-refractivity contribution in [2.24, 2.45) is 0 Å². The van der Waals surface area contributed by atoms with Crippen molar-refractivity contribution < 1.29 is 31.1 Å². The van der Waals surface area contributed by atoms with E-state index >= 15 is 0 Å². The number of carbonyl (C=O) groups excluding carboxylic acids is 1. The van der Waals surface area contributed by atoms with Gasteiger partial charge in [-0.15, -0.1) is 11.3 Å². The first-order valence-corrected chi connectivity index (χ1v) is 8.57. The summed E-state index contributed by atoms with van der Waals surface area (Å²) in [6.45, 7) is 0.0173. The van der Waals surface area contributed by atoms with E-state index in [9.17, 15) is 31.1 Å². The van der Waals surface area contributed by atoms with Gasteiger partial charge < -0.3 is 5.32 Å². The molecule has 1 N–H and O–H groups in total. The third kappa shape index (κ3) is 4.71. The molecule has 0 unspecified atom stereocenters. The molecule has 0 aliphatic rings. The lowest BCUT2D eigenvalue weighted by molar-refractivity contribution is -0.141. The molecule has 0 atom stereocenters. The van der Waals surface area contributed by atoms with Gasteiger partial charge in [0.2, 0.25) is 0 Å². The standard InChI is InChI=1S/C17H11F6N3OS/c18-16(19,20)11-2-1-3-12(7-11)24-15(27)13-6-10(9-28-13)8-26-5-4-14(25-26)17(21,22)23/h1-7,9H,8H2,(H,24,27). The number of amides is 1. The minimum absolute atomic E-state index is 0.0170. The molecule has 0 fully saturated rings. The van der Waals surface area contributed by atoms with E-state index in [4.69, 9.17) is 0 Å². The zero-order chi connectivity index (χ0) is 20.5. The molecule has 3 rings (SSSR count). The highest BCUT2D eigenvalue weighted by Crippen LogP contribution is 2.31. The summed E-state index contributed by atoms with van der Waals surface area (Å²) in [6, 6.07) is 6.49. The molecule has 11 heteroatoms. The first-order chi connectivity index (χ1) is 13.0. The van der Waals surface area contributed by atoms with E-state index in [-0.39, 0.29) is 17.1 Å². The molecular formula is C17H11F6N3OS. The van der Waals surface area contributed by atoms with Gasteiger partial charge in [0.1, 0.15) is 0 Å². The lowest BCUT2D eigenvalue weighted by Gasteiger charge is -2.09. The van der Waals surface area contributed by atoms with Crippen LogP contribution >= 0.6 is 11.3 Å². The SMILES string of the molecule is O=C(Nc1cccc(C(F)(F)F)c1)c1cc(Cn2ccc(C(F)(F)F)n2)cs1. The van der Waals surface area contributed by atoms with E-state index < -0.39 is 29.5 Å². The van der Waals surface area contributed by atoms with Crippen LogP contribution in [0.15, 0.2) is 48.0 Å². The van der Waals surface area contributed by atoms with E-state index in [1.54, 1.807) is 5.38 Å². The fraction of sp³-hybridized carbons (Fsp3) is 0.176. The molecular weight excluding hydrogens is 408 g/mol. The summed E-state index contributed by atoms with van der Waals surface area (Å²) in [5.41, 5.74) is -1.39. The summed E-state index contributed by atoms with van der Waals surface area (Å²) >= 11 is 1.02. The summed E-state index contributed by atoms with van der Waals surface area (Å²) in [5, 5.41) is 7.36. The van der Waals surface area contributed by atoms with Gasteiger partial charge in [0.05, 0.1) is 17.0 Å². The zero-order valence-electron chi connectivity index (χ0n) is 13.8. The molecule has 0 aliphatic carbocycles. The summed E-state index contributed by atoms with van der Waals surface area (Å²) < 4.78 is 76.9. The number of thiophene rings is 1. The Balaban J connectivity index is 1.68. The molecule has 3 aromatic rings. The Morgan fingerprint density at radius 2 is 1.82 bits per heavy atom. The number of hydrogen-bond acceptors (Lipinski definition) is 3. The Bertz CT molecular complexity index is 989. The van der Waals surface area contributed by atoms with Crippen LogP contribution in [-0.4, -0.2) is 15.7 Å². The zero-order valence-corrected chi connectivity index (χ0v) is 14.6. The Hall–Kier alpha value is -2.82. The van der Waals surface area contributed by atoms with Crippen molar-refractivity contribution in [2.45, 2.75) is 18.9 Å². The Kier molecular flexibility index (Phi) is 5.20. The Morgan fingerprint density at radius 3 is 2.46 bits per heavy atom. The molecule has 0 aliphatic heterocycles. The lowest BCUT2D eigenvalue weighted by Crippen LogP contribution is -2.12. The maximum absolute atomic E-state index is 12.7. The van der Waals surface area contributed by atoms with E-state index in [1.165, 1.54) is 24.4 Å². The Labute approximate surface area is 158 Å². The fourth-order valence-electron chi connectivity index (χ4n) is 2.33. The second-order valence-corrected chi connectivity index (χ2v) is 6.66. The summed E-state index contributed by atoms with van der Waals surface area (Å²) in [6.07, 6.45) is -7.91. The molecule has 2 aromatic heterocycles. The second-order valence-electron chi connectivity index (χ2n) is 5.75. The van der Waals surface area contributed by atoms with Gasteiger partial charge in [0.15, 0.2) is 5.69 Å². The maximum Gasteiger partial charge on any atom is 0.435 e. The minimum Gasteiger partial charge on any atom is -0.321 e. The van der Waals surface area contributed by atoms with Crippen LogP contribution in [-0.2, 0) is 18.9 Å². The number of nitrogens with one attached hydrogen (secondary N) is 1. The van der Waals surface area contributed by atoms with Crippen LogP contribution < -0.4 is 5.32 Å². The second kappa shape index (κ2) is 7.30. The van der Waals surface area contributed by atoms with Gasteiger partial charge in [0.25, 0.3) is 5.91 Å². The average Bonchev–Trinajstić information content (AvgIpc) is 3.24. The van der Waals surface area contributed by atoms with Crippen LogP contribution in [0, 0.1) is 0 Å². The highest BCUT2D eigenvalue weighted by Gasteiger charge is 2.33. The van der Waals surface area contributed by atoms with Crippen LogP contribution in [0.25, 0.3) is 0 Å². The molecule has 1 aromatic carbocycles. The average molecular weight is 419 g/mol. The number of benzene rings is 1. The number of hydrogen-bond donors (Lipinski definition) is 1. The van der Waals surface area contributed by atoms with Gasteiger partial charge in [-0.1, -0.05) is 6.07 Å². The quantitative estimate of drug-likeness (QED) is 0.585. The first kappa shape index (κ1) is 19.9. The monoisotopic (exact) mass is 419 g/mol. The highest BCUT2D eigenvalue weighted by molar-refractivity contribution is 7.12. The smallest absolute Gasteiger partial charge is 0.321 e. The minimum atomic E-state index is -4.55. The number of alkyl halides is 6. The van der Waals surface area contributed by atoms with Gasteiger partial charge in [-0.25, -0.2) is 0 Å². The molecule has 28 heavy (non-hydrogen) atoms. The largest absolute Gasteiger partial charge is 0.435 e. The van der Waals surface area contributed by atoms with Crippen LogP contribution in [0.4, 0.5) is 32.0 Å². The normalized spacial score (nSPS) is 12.2. The molecule has 1 amide bonds. The third-order valence-corrected chi connectivity index (χ3v) is 4.58. The summed E-state index contributed by atoms with van der Waals surface area (Å²) in [5.74, 6) is -0.618. The van der Waals surface area contributed by atoms with Crippen molar-refractivity contribution >= 4 is 22.9 Å². The summed E-state index contributed by atoms with van der Waals surface area (Å²) in [4.78, 5) is 12.4. The van der Waals surface area contributed by atoms with Crippen molar-refractivity contribution in [1.29, 1.82) is 0 Å². The molecule has 0 saturated heterocycles. The van der Waals surface area contributed by atoms with E-state index in [0.29, 0.717) is 5.56 Å². The van der Waals surface area contributed by atoms with Crippen LogP contribution in [0.3, 0.4) is 0 Å². The van der Waals surface area contributed by atoms with Crippen molar-refractivity contribution in [2.75, 3.05) is 5.32 Å². The van der Waals surface area contributed by atoms with E-state index in [2.05, 4.69) is 10.4 Å². The van der Waals surface area contributed by atoms with Gasteiger partial charge >= 0.3 is 12.4 Å². The predicted molar refractivity (Wildman–Crippen MR) is 90.0 cm³/mol. The molecule has 2 heterocycles. The van der Waals surface area contributed by atoms with Crippen molar-refractivity contribution in [3.63, 3.8) is 0 Å². The van der Waals surface area contributed by atoms with Crippen molar-refractivity contribution in [3.05, 3.63) is 69.7 Å². The van der Waals surface area contributed by atoms with E-state index in [0.717, 1.165) is 34.2 Å². The number of aromatic nitrogens is 2. The number of nitrogens with zero attached hydrogens (tertiary/aromatic N) is 2. The topological polar surface area (TPSA) is 46.9 Å². The number of halogens is 6. The van der Waals surface area contributed by atoms with Gasteiger partial charge in [-0.2, -0.15) is 31.4 Å². The maximum atomic E-state index is 12.7. The molecule has 0 radical (unpaired) electrons. The van der Waals surface area contributed by atoms with Crippen LogP contribution in [0.2, 0.25) is 0 Å². The first-order valence-electron chi connectivity index (χ1n) is 7.69. The fourth-order valence-corrected chi connectivity index (χ4v) is 3.13. The van der Waals surface area contributed by atoms with Gasteiger partial charge in [-0.05, 0) is 41.3 Å². The molecule has 0 saturated carbocycles.